The van der Waals surface area contributed by atoms with Gasteiger partial charge in [0.15, 0.2) is 5.82 Å². The fourth-order valence-electron chi connectivity index (χ4n) is 1.11. The van der Waals surface area contributed by atoms with Crippen molar-refractivity contribution in [3.05, 3.63) is 34.7 Å². The van der Waals surface area contributed by atoms with Crippen molar-refractivity contribution in [3.8, 4) is 0 Å². The monoisotopic (exact) mass is 250 g/mol. The van der Waals surface area contributed by atoms with Gasteiger partial charge in [0.05, 0.1) is 30.1 Å². The first-order chi connectivity index (χ1) is 8.29. The molecule has 0 aliphatic rings. The minimum Gasteiger partial charge on any atom is -0.345 e. The van der Waals surface area contributed by atoms with Gasteiger partial charge in [0.25, 0.3) is 5.91 Å². The maximum absolute atomic E-state index is 11.6. The van der Waals surface area contributed by atoms with E-state index >= 15 is 0 Å². The Labute approximate surface area is 101 Å². The number of hydrogen-bond acceptors (Lipinski definition) is 7. The normalized spacial score (nSPS) is 9.94. The third-order valence-corrected chi connectivity index (χ3v) is 2.58. The molecule has 0 spiro atoms. The first kappa shape index (κ1) is 11.4. The van der Waals surface area contributed by atoms with E-state index in [9.17, 15) is 4.79 Å². The van der Waals surface area contributed by atoms with Crippen LogP contribution in [0.4, 0.5) is 5.82 Å². The van der Waals surface area contributed by atoms with E-state index in [4.69, 9.17) is 5.84 Å². The van der Waals surface area contributed by atoms with E-state index in [2.05, 4.69) is 25.7 Å². The molecule has 0 radical (unpaired) electrons. The molecule has 7 nitrogen and oxygen atoms in total. The molecule has 2 aromatic heterocycles. The van der Waals surface area contributed by atoms with Crippen molar-refractivity contribution >= 4 is 23.1 Å². The van der Waals surface area contributed by atoms with Crippen LogP contribution < -0.4 is 16.6 Å². The predicted molar refractivity (Wildman–Crippen MR) is 63.1 cm³/mol. The van der Waals surface area contributed by atoms with E-state index in [0.29, 0.717) is 12.4 Å². The summed E-state index contributed by atoms with van der Waals surface area (Å²) in [6.07, 6.45) is 2.74. The minimum atomic E-state index is -0.297. The molecular formula is C9H10N6OS. The minimum absolute atomic E-state index is 0.235. The van der Waals surface area contributed by atoms with Crippen LogP contribution in [0.25, 0.3) is 0 Å². The number of aromatic nitrogens is 3. The summed E-state index contributed by atoms with van der Waals surface area (Å²) < 4.78 is 0. The van der Waals surface area contributed by atoms with E-state index in [-0.39, 0.29) is 11.6 Å². The third kappa shape index (κ3) is 2.95. The zero-order valence-electron chi connectivity index (χ0n) is 8.75. The average Bonchev–Trinajstić information content (AvgIpc) is 2.89. The molecule has 0 unspecified atom stereocenters. The van der Waals surface area contributed by atoms with Crippen molar-refractivity contribution < 1.29 is 4.79 Å². The van der Waals surface area contributed by atoms with Crippen molar-refractivity contribution in [2.45, 2.75) is 6.54 Å². The Morgan fingerprint density at radius 1 is 1.35 bits per heavy atom. The number of nitrogens with two attached hydrogens (primary N) is 1. The first-order valence-corrected chi connectivity index (χ1v) is 5.68. The molecule has 0 aliphatic heterocycles. The number of rotatable bonds is 4. The van der Waals surface area contributed by atoms with Crippen LogP contribution in [0.3, 0.4) is 0 Å². The molecule has 1 amide bonds. The van der Waals surface area contributed by atoms with Crippen molar-refractivity contribution in [1.82, 2.24) is 20.3 Å². The zero-order chi connectivity index (χ0) is 12.1. The largest absolute Gasteiger partial charge is 0.345 e. The predicted octanol–water partition coefficient (Wildman–Crippen LogP) is 0.149. The Kier molecular flexibility index (Phi) is 3.58. The standard InChI is InChI=1S/C9H10N6OS/c10-15-8-3-11-7(2-12-8)9(16)13-1-6-4-17-5-14-6/h2-5H,1,10H2,(H,12,15)(H,13,16). The van der Waals surface area contributed by atoms with Crippen molar-refractivity contribution in [2.75, 3.05) is 5.43 Å². The fourth-order valence-corrected chi connectivity index (χ4v) is 1.66. The molecule has 0 fully saturated rings. The highest BCUT2D eigenvalue weighted by atomic mass is 32.1. The van der Waals surface area contributed by atoms with Crippen molar-refractivity contribution in [1.29, 1.82) is 0 Å². The molecule has 8 heteroatoms. The molecule has 0 bridgehead atoms. The molecule has 2 heterocycles. The van der Waals surface area contributed by atoms with Gasteiger partial charge in [-0.15, -0.1) is 11.3 Å². The van der Waals surface area contributed by atoms with Gasteiger partial charge in [-0.05, 0) is 0 Å². The van der Waals surface area contributed by atoms with Gasteiger partial charge in [-0.25, -0.2) is 20.8 Å². The summed E-state index contributed by atoms with van der Waals surface area (Å²) in [5, 5.41) is 4.56. The molecule has 88 valence electrons. The maximum Gasteiger partial charge on any atom is 0.271 e. The maximum atomic E-state index is 11.6. The van der Waals surface area contributed by atoms with Crippen LogP contribution in [0.2, 0.25) is 0 Å². The van der Waals surface area contributed by atoms with Gasteiger partial charge < -0.3 is 10.7 Å². The summed E-state index contributed by atoms with van der Waals surface area (Å²) in [4.78, 5) is 23.5. The Morgan fingerprint density at radius 3 is 2.82 bits per heavy atom. The second kappa shape index (κ2) is 5.32. The lowest BCUT2D eigenvalue weighted by atomic mass is 10.4. The highest BCUT2D eigenvalue weighted by Gasteiger charge is 2.07. The van der Waals surface area contributed by atoms with Crippen LogP contribution in [-0.2, 0) is 6.54 Å². The van der Waals surface area contributed by atoms with Crippen LogP contribution in [0.15, 0.2) is 23.3 Å². The smallest absolute Gasteiger partial charge is 0.271 e. The van der Waals surface area contributed by atoms with E-state index < -0.39 is 0 Å². The summed E-state index contributed by atoms with van der Waals surface area (Å²) >= 11 is 1.48. The number of thiazole rings is 1. The van der Waals surface area contributed by atoms with Gasteiger partial charge >= 0.3 is 0 Å². The molecule has 2 rings (SSSR count). The number of amides is 1. The number of hydrogen-bond donors (Lipinski definition) is 3. The van der Waals surface area contributed by atoms with Crippen LogP contribution in [-0.4, -0.2) is 20.9 Å². The number of anilines is 1. The number of nitrogens with one attached hydrogen (secondary N) is 2. The highest BCUT2D eigenvalue weighted by molar-refractivity contribution is 7.07. The van der Waals surface area contributed by atoms with Crippen LogP contribution in [0, 0.1) is 0 Å². The molecule has 4 N–H and O–H groups in total. The lowest BCUT2D eigenvalue weighted by Crippen LogP contribution is -2.24. The van der Waals surface area contributed by atoms with Gasteiger partial charge in [0, 0.05) is 5.38 Å². The lowest BCUT2D eigenvalue weighted by molar-refractivity contribution is 0.0945. The third-order valence-electron chi connectivity index (χ3n) is 1.95. The molecule has 0 saturated carbocycles. The molecular weight excluding hydrogens is 240 g/mol. The molecule has 0 atom stereocenters. The second-order valence-electron chi connectivity index (χ2n) is 3.09. The van der Waals surface area contributed by atoms with E-state index in [1.165, 1.54) is 23.7 Å². The summed E-state index contributed by atoms with van der Waals surface area (Å²) in [5.74, 6) is 5.25. The first-order valence-electron chi connectivity index (χ1n) is 4.73. The van der Waals surface area contributed by atoms with E-state index in [1.807, 2.05) is 5.38 Å². The summed E-state index contributed by atoms with van der Waals surface area (Å²) in [7, 11) is 0. The van der Waals surface area contributed by atoms with E-state index in [0.717, 1.165) is 5.69 Å². The molecule has 17 heavy (non-hydrogen) atoms. The summed E-state index contributed by atoms with van der Waals surface area (Å²) in [5.41, 5.74) is 5.10. The average molecular weight is 250 g/mol. The quantitative estimate of drug-likeness (QED) is 0.527. The van der Waals surface area contributed by atoms with E-state index in [1.54, 1.807) is 5.51 Å². The highest BCUT2D eigenvalue weighted by Crippen LogP contribution is 2.02. The molecule has 2 aromatic rings. The number of hydrazine groups is 1. The summed E-state index contributed by atoms with van der Waals surface area (Å²) in [6.45, 7) is 0.376. The van der Waals surface area contributed by atoms with Gasteiger partial charge in [-0.1, -0.05) is 0 Å². The number of carbonyl (C=O) groups is 1. The number of nitrogens with zero attached hydrogens (tertiary/aromatic N) is 3. The lowest BCUT2D eigenvalue weighted by Gasteiger charge is -2.03. The zero-order valence-corrected chi connectivity index (χ0v) is 9.57. The van der Waals surface area contributed by atoms with Crippen molar-refractivity contribution in [2.24, 2.45) is 5.84 Å². The van der Waals surface area contributed by atoms with Crippen molar-refractivity contribution in [3.63, 3.8) is 0 Å². The van der Waals surface area contributed by atoms with Crippen LogP contribution >= 0.6 is 11.3 Å². The molecule has 0 aliphatic carbocycles. The van der Waals surface area contributed by atoms with Gasteiger partial charge in [0.2, 0.25) is 0 Å². The Balaban J connectivity index is 1.95. The fraction of sp³-hybridized carbons (Fsp3) is 0.111. The Bertz CT molecular complexity index is 483. The molecule has 0 saturated heterocycles. The topological polar surface area (TPSA) is 106 Å². The number of carbonyl (C=O) groups excluding carboxylic acids is 1. The van der Waals surface area contributed by atoms with Gasteiger partial charge in [0.1, 0.15) is 5.69 Å². The van der Waals surface area contributed by atoms with Crippen LogP contribution in [0.1, 0.15) is 16.2 Å². The summed E-state index contributed by atoms with van der Waals surface area (Å²) in [6, 6.07) is 0. The molecule has 0 aromatic carbocycles. The van der Waals surface area contributed by atoms with Gasteiger partial charge in [-0.2, -0.15) is 0 Å². The number of nitrogen functional groups attached to an aromatic ring is 1. The van der Waals surface area contributed by atoms with Gasteiger partial charge in [-0.3, -0.25) is 4.79 Å². The van der Waals surface area contributed by atoms with Crippen LogP contribution in [0.5, 0.6) is 0 Å². The second-order valence-corrected chi connectivity index (χ2v) is 3.81. The Hall–Kier alpha value is -2.06. The Morgan fingerprint density at radius 2 is 2.24 bits per heavy atom. The SMILES string of the molecule is NNc1cnc(C(=O)NCc2cscn2)cn1.